The van der Waals surface area contributed by atoms with Gasteiger partial charge in [-0.25, -0.2) is 13.1 Å². The zero-order chi connectivity index (χ0) is 18.7. The Hall–Kier alpha value is -2.18. The molecular formula is C20H24N2O3S. The summed E-state index contributed by atoms with van der Waals surface area (Å²) < 4.78 is 27.6. The lowest BCUT2D eigenvalue weighted by molar-refractivity contribution is 0.0710. The van der Waals surface area contributed by atoms with Crippen molar-refractivity contribution in [2.45, 2.75) is 37.6 Å². The highest BCUT2D eigenvalue weighted by molar-refractivity contribution is 7.89. The van der Waals surface area contributed by atoms with Crippen LogP contribution in [-0.4, -0.2) is 38.4 Å². The Bertz CT molecular complexity index is 887. The molecule has 0 aliphatic carbocycles. The van der Waals surface area contributed by atoms with Crippen molar-refractivity contribution in [3.8, 4) is 0 Å². The van der Waals surface area contributed by atoms with E-state index in [1.807, 2.05) is 36.9 Å². The van der Waals surface area contributed by atoms with Gasteiger partial charge >= 0.3 is 0 Å². The Morgan fingerprint density at radius 2 is 1.69 bits per heavy atom. The largest absolute Gasteiger partial charge is 0.339 e. The van der Waals surface area contributed by atoms with E-state index in [1.165, 1.54) is 0 Å². The van der Waals surface area contributed by atoms with Crippen molar-refractivity contribution >= 4 is 15.9 Å². The topological polar surface area (TPSA) is 66.5 Å². The second-order valence-corrected chi connectivity index (χ2v) is 8.53. The highest BCUT2D eigenvalue weighted by Crippen LogP contribution is 2.19. The maximum Gasteiger partial charge on any atom is 0.254 e. The van der Waals surface area contributed by atoms with Crippen molar-refractivity contribution < 1.29 is 13.2 Å². The molecule has 0 atom stereocenters. The second kappa shape index (κ2) is 7.60. The van der Waals surface area contributed by atoms with Crippen LogP contribution in [-0.2, 0) is 10.0 Å². The van der Waals surface area contributed by atoms with Crippen molar-refractivity contribution in [2.24, 2.45) is 0 Å². The fraction of sp³-hybridized carbons (Fsp3) is 0.350. The number of nitrogens with zero attached hydrogens (tertiary/aromatic N) is 1. The van der Waals surface area contributed by atoms with Gasteiger partial charge in [0.2, 0.25) is 10.0 Å². The summed E-state index contributed by atoms with van der Waals surface area (Å²) >= 11 is 0. The number of likely N-dealkylation sites (tertiary alicyclic amines) is 1. The summed E-state index contributed by atoms with van der Waals surface area (Å²) in [6.07, 6.45) is 1.23. The van der Waals surface area contributed by atoms with Crippen LogP contribution >= 0.6 is 0 Å². The summed E-state index contributed by atoms with van der Waals surface area (Å²) in [5.74, 6) is 0.0202. The number of piperidine rings is 1. The van der Waals surface area contributed by atoms with Crippen LogP contribution in [0.3, 0.4) is 0 Å². The maximum absolute atomic E-state index is 12.7. The van der Waals surface area contributed by atoms with Gasteiger partial charge in [0.05, 0.1) is 4.90 Å². The van der Waals surface area contributed by atoms with Crippen LogP contribution in [0.5, 0.6) is 0 Å². The third-order valence-electron chi connectivity index (χ3n) is 4.77. The van der Waals surface area contributed by atoms with Crippen LogP contribution in [0.4, 0.5) is 0 Å². The van der Waals surface area contributed by atoms with Gasteiger partial charge in [0.1, 0.15) is 0 Å². The normalized spacial score (nSPS) is 15.8. The Labute approximate surface area is 155 Å². The molecule has 6 heteroatoms. The van der Waals surface area contributed by atoms with Gasteiger partial charge in [0, 0.05) is 24.7 Å². The average Bonchev–Trinajstić information content (AvgIpc) is 2.62. The molecule has 26 heavy (non-hydrogen) atoms. The fourth-order valence-electron chi connectivity index (χ4n) is 3.31. The first kappa shape index (κ1) is 18.6. The molecule has 2 aromatic rings. The first-order valence-electron chi connectivity index (χ1n) is 8.81. The standard InChI is InChI=1S/C20H24N2O3S/c1-15-8-9-19(16(2)14-15)20(23)22-12-10-17(11-13-22)21-26(24,25)18-6-4-3-5-7-18/h3-9,14,17,21H,10-13H2,1-2H3. The first-order valence-corrected chi connectivity index (χ1v) is 10.3. The number of amides is 1. The van der Waals surface area contributed by atoms with Crippen molar-refractivity contribution in [1.29, 1.82) is 0 Å². The van der Waals surface area contributed by atoms with E-state index in [0.717, 1.165) is 16.7 Å². The van der Waals surface area contributed by atoms with E-state index in [0.29, 0.717) is 25.9 Å². The predicted molar refractivity (Wildman–Crippen MR) is 102 cm³/mol. The van der Waals surface area contributed by atoms with E-state index in [4.69, 9.17) is 0 Å². The van der Waals surface area contributed by atoms with Crippen LogP contribution in [0.25, 0.3) is 0 Å². The van der Waals surface area contributed by atoms with Gasteiger partial charge in [0.25, 0.3) is 5.91 Å². The van der Waals surface area contributed by atoms with Gasteiger partial charge in [-0.1, -0.05) is 35.9 Å². The van der Waals surface area contributed by atoms with Crippen molar-refractivity contribution in [3.05, 3.63) is 65.2 Å². The molecule has 1 heterocycles. The lowest BCUT2D eigenvalue weighted by Gasteiger charge is -2.32. The monoisotopic (exact) mass is 372 g/mol. The van der Waals surface area contributed by atoms with Gasteiger partial charge < -0.3 is 4.90 Å². The molecule has 0 radical (unpaired) electrons. The predicted octanol–water partition coefficient (Wildman–Crippen LogP) is 2.89. The first-order chi connectivity index (χ1) is 12.4. The Morgan fingerprint density at radius 1 is 1.04 bits per heavy atom. The van der Waals surface area contributed by atoms with Crippen molar-refractivity contribution in [2.75, 3.05) is 13.1 Å². The number of rotatable bonds is 4. The summed E-state index contributed by atoms with van der Waals surface area (Å²) in [6.45, 7) is 5.05. The summed E-state index contributed by atoms with van der Waals surface area (Å²) in [4.78, 5) is 14.8. The summed E-state index contributed by atoms with van der Waals surface area (Å²) in [5, 5.41) is 0. The maximum atomic E-state index is 12.7. The smallest absolute Gasteiger partial charge is 0.254 e. The molecule has 1 aliphatic rings. The van der Waals surface area contributed by atoms with Crippen molar-refractivity contribution in [1.82, 2.24) is 9.62 Å². The Kier molecular flexibility index (Phi) is 5.44. The Morgan fingerprint density at radius 3 is 2.31 bits per heavy atom. The van der Waals surface area contributed by atoms with E-state index >= 15 is 0 Å². The van der Waals surface area contributed by atoms with Gasteiger partial charge in [-0.05, 0) is 50.5 Å². The molecule has 1 aliphatic heterocycles. The molecule has 0 spiro atoms. The zero-order valence-corrected chi connectivity index (χ0v) is 15.9. The number of sulfonamides is 1. The van der Waals surface area contributed by atoms with Crippen LogP contribution in [0, 0.1) is 13.8 Å². The molecular weight excluding hydrogens is 348 g/mol. The van der Waals surface area contributed by atoms with Gasteiger partial charge in [-0.2, -0.15) is 0 Å². The van der Waals surface area contributed by atoms with Gasteiger partial charge in [-0.3, -0.25) is 4.79 Å². The third-order valence-corrected chi connectivity index (χ3v) is 6.31. The fourth-order valence-corrected chi connectivity index (χ4v) is 4.64. The molecule has 0 unspecified atom stereocenters. The Balaban J connectivity index is 1.61. The quantitative estimate of drug-likeness (QED) is 0.897. The molecule has 5 nitrogen and oxygen atoms in total. The minimum absolute atomic E-state index is 0.0202. The number of nitrogens with one attached hydrogen (secondary N) is 1. The minimum Gasteiger partial charge on any atom is -0.339 e. The molecule has 138 valence electrons. The van der Waals surface area contributed by atoms with E-state index in [1.54, 1.807) is 30.3 Å². The SMILES string of the molecule is Cc1ccc(C(=O)N2CCC(NS(=O)(=O)c3ccccc3)CC2)c(C)c1. The number of benzene rings is 2. The van der Waals surface area contributed by atoms with E-state index in [9.17, 15) is 13.2 Å². The molecule has 1 saturated heterocycles. The second-order valence-electron chi connectivity index (χ2n) is 6.82. The molecule has 1 amide bonds. The number of hydrogen-bond donors (Lipinski definition) is 1. The van der Waals surface area contributed by atoms with Crippen LogP contribution in [0.15, 0.2) is 53.4 Å². The molecule has 3 rings (SSSR count). The molecule has 2 aromatic carbocycles. The van der Waals surface area contributed by atoms with Gasteiger partial charge in [0.15, 0.2) is 0 Å². The van der Waals surface area contributed by atoms with Crippen LogP contribution in [0.1, 0.15) is 34.3 Å². The molecule has 0 bridgehead atoms. The third kappa shape index (κ3) is 4.14. The summed E-state index contributed by atoms with van der Waals surface area (Å²) in [7, 11) is -3.51. The summed E-state index contributed by atoms with van der Waals surface area (Å²) in [5.41, 5.74) is 2.83. The lowest BCUT2D eigenvalue weighted by Crippen LogP contribution is -2.46. The van der Waals surface area contributed by atoms with Crippen LogP contribution in [0.2, 0.25) is 0 Å². The minimum atomic E-state index is -3.51. The van der Waals surface area contributed by atoms with E-state index < -0.39 is 10.0 Å². The zero-order valence-electron chi connectivity index (χ0n) is 15.1. The van der Waals surface area contributed by atoms with Crippen LogP contribution < -0.4 is 4.72 Å². The van der Waals surface area contributed by atoms with Crippen molar-refractivity contribution in [3.63, 3.8) is 0 Å². The number of carbonyl (C=O) groups excluding carboxylic acids is 1. The average molecular weight is 372 g/mol. The highest BCUT2D eigenvalue weighted by Gasteiger charge is 2.27. The molecule has 0 aromatic heterocycles. The van der Waals surface area contributed by atoms with Gasteiger partial charge in [-0.15, -0.1) is 0 Å². The lowest BCUT2D eigenvalue weighted by atomic mass is 10.0. The van der Waals surface area contributed by atoms with E-state index in [2.05, 4.69) is 4.72 Å². The van der Waals surface area contributed by atoms with E-state index in [-0.39, 0.29) is 16.8 Å². The molecule has 0 saturated carbocycles. The number of hydrogen-bond acceptors (Lipinski definition) is 3. The highest BCUT2D eigenvalue weighted by atomic mass is 32.2. The molecule has 1 fully saturated rings. The summed E-state index contributed by atoms with van der Waals surface area (Å²) in [6, 6.07) is 14.0. The molecule has 1 N–H and O–H groups in total. The number of carbonyl (C=O) groups is 1. The number of aryl methyl sites for hydroxylation is 2.